The first-order chi connectivity index (χ1) is 18.8. The molecule has 0 aliphatic heterocycles. The highest BCUT2D eigenvalue weighted by atomic mass is 35.5. The molecule has 0 radical (unpaired) electrons. The van der Waals surface area contributed by atoms with E-state index in [-0.39, 0.29) is 13.0 Å². The summed E-state index contributed by atoms with van der Waals surface area (Å²) >= 11 is 5.69. The van der Waals surface area contributed by atoms with Crippen molar-refractivity contribution in [1.82, 2.24) is 9.88 Å². The number of nitrogens with zero attached hydrogens (tertiary/aromatic N) is 2. The Balaban J connectivity index is 0.00000274. The average molecular weight is 584 g/mol. The predicted octanol–water partition coefficient (Wildman–Crippen LogP) is 8.88. The molecule has 1 N–H and O–H groups in total. The van der Waals surface area contributed by atoms with Crippen LogP contribution in [0.25, 0.3) is 6.08 Å². The molecule has 1 aromatic heterocycles. The summed E-state index contributed by atoms with van der Waals surface area (Å²) in [5.41, 5.74) is 0.663. The van der Waals surface area contributed by atoms with E-state index in [0.717, 1.165) is 18.3 Å². The van der Waals surface area contributed by atoms with Crippen molar-refractivity contribution in [3.05, 3.63) is 112 Å². The molecule has 0 amide bonds. The quantitative estimate of drug-likeness (QED) is 0.202. The molecule has 2 aromatic carbocycles. The van der Waals surface area contributed by atoms with Crippen molar-refractivity contribution < 1.29 is 31.1 Å². The molecule has 4 nitrogen and oxygen atoms in total. The minimum atomic E-state index is -4.60. The molecule has 11 heteroatoms. The molecule has 0 saturated carbocycles. The zero-order chi connectivity index (χ0) is 30.1. The monoisotopic (exact) mass is 583 g/mol. The van der Waals surface area contributed by atoms with Crippen LogP contribution < -0.4 is 5.32 Å². The summed E-state index contributed by atoms with van der Waals surface area (Å²) in [6.45, 7) is 8.14. The average Bonchev–Trinajstić information content (AvgIpc) is 2.89. The highest BCUT2D eigenvalue weighted by Crippen LogP contribution is 2.35. The number of alkyl halides is 6. The van der Waals surface area contributed by atoms with Crippen LogP contribution in [0, 0.1) is 0 Å². The number of aromatic nitrogens is 1. The Morgan fingerprint density at radius 2 is 1.70 bits per heavy atom. The first-order valence-corrected chi connectivity index (χ1v) is 12.4. The molecule has 1 heterocycles. The lowest BCUT2D eigenvalue weighted by molar-refractivity contribution is -0.141. The zero-order valence-corrected chi connectivity index (χ0v) is 22.8. The lowest BCUT2D eigenvalue weighted by atomic mass is 10.0. The molecule has 40 heavy (non-hydrogen) atoms. The number of benzene rings is 2. The van der Waals surface area contributed by atoms with Gasteiger partial charge in [0.1, 0.15) is 5.69 Å². The molecular weight excluding hydrogens is 556 g/mol. The van der Waals surface area contributed by atoms with Gasteiger partial charge in [0.25, 0.3) is 0 Å². The van der Waals surface area contributed by atoms with E-state index in [1.807, 2.05) is 13.8 Å². The van der Waals surface area contributed by atoms with Crippen LogP contribution in [0.5, 0.6) is 0 Å². The van der Waals surface area contributed by atoms with E-state index in [2.05, 4.69) is 16.9 Å². The van der Waals surface area contributed by atoms with E-state index < -0.39 is 28.6 Å². The van der Waals surface area contributed by atoms with Gasteiger partial charge in [0.05, 0.1) is 10.6 Å². The molecule has 3 aromatic rings. The summed E-state index contributed by atoms with van der Waals surface area (Å²) < 4.78 is 77.7. The number of aldehydes is 1. The fourth-order valence-corrected chi connectivity index (χ4v) is 3.81. The van der Waals surface area contributed by atoms with Gasteiger partial charge in [-0.15, -0.1) is 0 Å². The fraction of sp³-hybridized carbons (Fsp3) is 0.241. The largest absolute Gasteiger partial charge is 0.433 e. The zero-order valence-electron chi connectivity index (χ0n) is 22.0. The van der Waals surface area contributed by atoms with Gasteiger partial charge in [-0.1, -0.05) is 56.3 Å². The molecule has 3 rings (SSSR count). The number of nitrogens with one attached hydrogen (secondary N) is 1. The van der Waals surface area contributed by atoms with Gasteiger partial charge in [-0.05, 0) is 47.7 Å². The number of hydrogen-bond donors (Lipinski definition) is 1. The highest BCUT2D eigenvalue weighted by molar-refractivity contribution is 6.31. The van der Waals surface area contributed by atoms with Crippen LogP contribution in [0.15, 0.2) is 73.2 Å². The Labute approximate surface area is 234 Å². The number of hydrogen-bond acceptors (Lipinski definition) is 4. The molecule has 0 unspecified atom stereocenters. The normalized spacial score (nSPS) is 11.6. The van der Waals surface area contributed by atoms with Gasteiger partial charge in [0, 0.05) is 48.7 Å². The van der Waals surface area contributed by atoms with Crippen LogP contribution in [0.3, 0.4) is 0 Å². The van der Waals surface area contributed by atoms with E-state index in [9.17, 15) is 31.1 Å². The maximum absolute atomic E-state index is 13.2. The van der Waals surface area contributed by atoms with Crippen molar-refractivity contribution in [2.24, 2.45) is 0 Å². The third-order valence-corrected chi connectivity index (χ3v) is 5.70. The predicted molar refractivity (Wildman–Crippen MR) is 146 cm³/mol. The number of rotatable bonds is 9. The maximum Gasteiger partial charge on any atom is 0.433 e. The Kier molecular flexibility index (Phi) is 11.4. The number of carbonyl (C=O) groups excluding carboxylic acids is 1. The summed E-state index contributed by atoms with van der Waals surface area (Å²) in [5, 5.41) is 2.65. The van der Waals surface area contributed by atoms with Crippen LogP contribution in [-0.2, 0) is 25.3 Å². The van der Waals surface area contributed by atoms with Crippen molar-refractivity contribution in [2.45, 2.75) is 39.2 Å². The number of pyridine rings is 1. The second-order valence-corrected chi connectivity index (χ2v) is 8.83. The second kappa shape index (κ2) is 14.0. The maximum atomic E-state index is 13.2. The first kappa shape index (κ1) is 32.4. The van der Waals surface area contributed by atoms with Crippen LogP contribution in [0.4, 0.5) is 32.0 Å². The molecule has 0 bridgehead atoms. The number of carbonyl (C=O) groups is 1. The second-order valence-electron chi connectivity index (χ2n) is 8.42. The van der Waals surface area contributed by atoms with E-state index >= 15 is 0 Å². The van der Waals surface area contributed by atoms with Crippen molar-refractivity contribution in [3.8, 4) is 0 Å². The van der Waals surface area contributed by atoms with Gasteiger partial charge >= 0.3 is 12.4 Å². The Morgan fingerprint density at radius 3 is 2.27 bits per heavy atom. The van der Waals surface area contributed by atoms with E-state index in [0.29, 0.717) is 39.9 Å². The summed E-state index contributed by atoms with van der Waals surface area (Å²) in [4.78, 5) is 16.8. The molecule has 0 aliphatic rings. The minimum Gasteiger partial charge on any atom is -0.376 e. The minimum absolute atomic E-state index is 0.0650. The fourth-order valence-electron chi connectivity index (χ4n) is 3.59. The molecule has 214 valence electrons. The van der Waals surface area contributed by atoms with Crippen LogP contribution in [0.1, 0.15) is 52.2 Å². The first-order valence-electron chi connectivity index (χ1n) is 12.1. The molecular formula is C29H28ClF6N3O. The van der Waals surface area contributed by atoms with Crippen LogP contribution in [-0.4, -0.2) is 23.2 Å². The lowest BCUT2D eigenvalue weighted by Crippen LogP contribution is -2.12. The van der Waals surface area contributed by atoms with Crippen molar-refractivity contribution in [3.63, 3.8) is 0 Å². The van der Waals surface area contributed by atoms with Crippen molar-refractivity contribution in [1.29, 1.82) is 0 Å². The van der Waals surface area contributed by atoms with Crippen LogP contribution >= 0.6 is 11.6 Å². The Morgan fingerprint density at radius 1 is 1.02 bits per heavy atom. The molecule has 0 saturated heterocycles. The van der Waals surface area contributed by atoms with Gasteiger partial charge in [-0.25, -0.2) is 0 Å². The number of halogens is 7. The van der Waals surface area contributed by atoms with E-state index in [1.54, 1.807) is 42.4 Å². The van der Waals surface area contributed by atoms with Gasteiger partial charge in [-0.3, -0.25) is 9.78 Å². The SMILES string of the molecule is C=C(Cc1ccc(Cl)c(C(F)(F)F)c1)Nc1cccc(C=O)c1/C=C\N(C)Cc1ccc(C(F)(F)F)nc1.CC. The smallest absolute Gasteiger partial charge is 0.376 e. The third kappa shape index (κ3) is 9.15. The van der Waals surface area contributed by atoms with Crippen molar-refractivity contribution in [2.75, 3.05) is 12.4 Å². The molecule has 0 fully saturated rings. The van der Waals surface area contributed by atoms with E-state index in [1.165, 1.54) is 18.2 Å². The Bertz CT molecular complexity index is 1340. The van der Waals surface area contributed by atoms with Gasteiger partial charge in [-0.2, -0.15) is 26.3 Å². The standard InChI is InChI=1S/C27H22ClF6N3O.C2H6/c1-17(12-18-6-8-23(28)22(13-18)26(29,30)31)36-24-5-3-4-20(16-38)21(24)10-11-37(2)15-19-7-9-25(35-14-19)27(32,33)34;1-2/h3-11,13-14,16,36H,1,12,15H2,2H3;1-2H3/b11-10-;. The summed E-state index contributed by atoms with van der Waals surface area (Å²) in [6, 6.07) is 10.8. The Hall–Kier alpha value is -3.79. The lowest BCUT2D eigenvalue weighted by Gasteiger charge is -2.17. The topological polar surface area (TPSA) is 45.2 Å². The highest BCUT2D eigenvalue weighted by Gasteiger charge is 2.33. The molecule has 0 spiro atoms. The van der Waals surface area contributed by atoms with Gasteiger partial charge in [0.15, 0.2) is 6.29 Å². The summed E-state index contributed by atoms with van der Waals surface area (Å²) in [7, 11) is 1.70. The summed E-state index contributed by atoms with van der Waals surface area (Å²) in [6.07, 6.45) is -3.98. The number of allylic oxidation sites excluding steroid dienone is 1. The van der Waals surface area contributed by atoms with Crippen molar-refractivity contribution >= 4 is 29.7 Å². The van der Waals surface area contributed by atoms with Crippen LogP contribution in [0.2, 0.25) is 5.02 Å². The van der Waals surface area contributed by atoms with Gasteiger partial charge in [0.2, 0.25) is 0 Å². The molecule has 0 atom stereocenters. The van der Waals surface area contributed by atoms with E-state index in [4.69, 9.17) is 11.6 Å². The van der Waals surface area contributed by atoms with Gasteiger partial charge < -0.3 is 10.2 Å². The third-order valence-electron chi connectivity index (χ3n) is 5.37. The number of anilines is 1. The molecule has 0 aliphatic carbocycles. The summed E-state index contributed by atoms with van der Waals surface area (Å²) in [5.74, 6) is 0.